The van der Waals surface area contributed by atoms with Crippen molar-refractivity contribution in [1.82, 2.24) is 0 Å². The lowest BCUT2D eigenvalue weighted by molar-refractivity contribution is 0.355. The van der Waals surface area contributed by atoms with Crippen LogP contribution in [0.3, 0.4) is 0 Å². The largest absolute Gasteiger partial charge is 0.461 e. The average Bonchev–Trinajstić information content (AvgIpc) is 4.00. The summed E-state index contributed by atoms with van der Waals surface area (Å²) in [4.78, 5) is 2.20. The molecular formula is C57H41NO4. The number of nitrogens with zero attached hydrogens (tertiary/aromatic N) is 1. The smallest absolute Gasteiger partial charge is 0.175 e. The van der Waals surface area contributed by atoms with Gasteiger partial charge in [0.25, 0.3) is 0 Å². The van der Waals surface area contributed by atoms with Gasteiger partial charge < -0.3 is 23.2 Å². The van der Waals surface area contributed by atoms with Crippen molar-refractivity contribution in [1.29, 1.82) is 0 Å². The molecule has 1 spiro atoms. The van der Waals surface area contributed by atoms with Gasteiger partial charge in [0, 0.05) is 51.2 Å². The average molecular weight is 804 g/mol. The van der Waals surface area contributed by atoms with E-state index in [1.165, 1.54) is 44.5 Å². The molecular weight excluding hydrogens is 763 g/mol. The van der Waals surface area contributed by atoms with E-state index in [0.29, 0.717) is 28.4 Å². The second-order valence-electron chi connectivity index (χ2n) is 16.5. The fourth-order valence-electron chi connectivity index (χ4n) is 10.4. The van der Waals surface area contributed by atoms with Crippen LogP contribution < -0.4 is 25.0 Å². The molecule has 0 saturated carbocycles. The summed E-state index contributed by atoms with van der Waals surface area (Å²) < 4.78 is 26.6. The normalized spacial score (nSPS) is 13.9. The number of furan rings is 2. The number of anilines is 2. The summed E-state index contributed by atoms with van der Waals surface area (Å²) in [6.45, 7) is 14.5. The number of rotatable bonds is 6. The summed E-state index contributed by atoms with van der Waals surface area (Å²) in [5.74, 6) is 4.35. The molecule has 0 atom stereocenters. The first-order valence-electron chi connectivity index (χ1n) is 21.1. The number of hydrogen-bond donors (Lipinski definition) is 0. The van der Waals surface area contributed by atoms with Crippen LogP contribution in [0.15, 0.2) is 167 Å². The first-order chi connectivity index (χ1) is 30.3. The van der Waals surface area contributed by atoms with Crippen molar-refractivity contribution in [2.75, 3.05) is 4.90 Å². The van der Waals surface area contributed by atoms with Gasteiger partial charge >= 0.3 is 0 Å². The monoisotopic (exact) mass is 803 g/mol. The van der Waals surface area contributed by atoms with Crippen LogP contribution in [-0.2, 0) is 11.8 Å². The first-order valence-corrected chi connectivity index (χ1v) is 21.1. The molecule has 1 aliphatic heterocycles. The predicted octanol–water partition coefficient (Wildman–Crippen LogP) is 13.5. The number of hydrogen-bond acceptors (Lipinski definition) is 5. The summed E-state index contributed by atoms with van der Waals surface area (Å²) in [6, 6.07) is 53.8. The van der Waals surface area contributed by atoms with Gasteiger partial charge in [0.05, 0.1) is 11.1 Å². The van der Waals surface area contributed by atoms with E-state index in [1.54, 1.807) is 6.08 Å². The molecule has 5 heteroatoms. The van der Waals surface area contributed by atoms with Crippen molar-refractivity contribution in [3.05, 3.63) is 219 Å². The van der Waals surface area contributed by atoms with Gasteiger partial charge in [0.1, 0.15) is 17.1 Å². The zero-order valence-electron chi connectivity index (χ0n) is 34.7. The van der Waals surface area contributed by atoms with Crippen molar-refractivity contribution in [3.63, 3.8) is 0 Å². The van der Waals surface area contributed by atoms with E-state index >= 15 is 0 Å². The van der Waals surface area contributed by atoms with Crippen LogP contribution in [0.4, 0.5) is 11.4 Å². The maximum atomic E-state index is 7.11. The minimum atomic E-state index is -0.568. The van der Waals surface area contributed by atoms with Crippen molar-refractivity contribution < 1.29 is 18.3 Å². The molecule has 2 aromatic heterocycles. The second-order valence-corrected chi connectivity index (χ2v) is 16.5. The van der Waals surface area contributed by atoms with Crippen LogP contribution in [0, 0.1) is 13.8 Å². The van der Waals surface area contributed by atoms with E-state index in [9.17, 15) is 0 Å². The summed E-state index contributed by atoms with van der Waals surface area (Å²) in [5, 5.41) is 1.97. The molecule has 3 heterocycles. The van der Waals surface area contributed by atoms with Gasteiger partial charge in [-0.15, -0.1) is 0 Å². The molecule has 12 rings (SSSR count). The zero-order chi connectivity index (χ0) is 41.9. The number of para-hydroxylation sites is 1. The fourth-order valence-corrected chi connectivity index (χ4v) is 10.4. The Morgan fingerprint density at radius 3 is 1.92 bits per heavy atom. The van der Waals surface area contributed by atoms with E-state index in [1.807, 2.05) is 32.0 Å². The molecule has 62 heavy (non-hydrogen) atoms. The Morgan fingerprint density at radius 1 is 0.629 bits per heavy atom. The van der Waals surface area contributed by atoms with Gasteiger partial charge in [0.2, 0.25) is 0 Å². The Balaban J connectivity index is 0.978. The van der Waals surface area contributed by atoms with E-state index in [0.717, 1.165) is 67.9 Å². The maximum Gasteiger partial charge on any atom is 0.175 e. The summed E-state index contributed by atoms with van der Waals surface area (Å²) >= 11 is 0. The lowest BCUT2D eigenvalue weighted by Gasteiger charge is -2.33. The molecule has 0 amide bonds. The molecule has 3 aliphatic rings. The van der Waals surface area contributed by atoms with Gasteiger partial charge in [-0.3, -0.25) is 0 Å². The highest BCUT2D eigenvalue weighted by atomic mass is 16.6. The molecule has 298 valence electrons. The third-order valence-electron chi connectivity index (χ3n) is 13.3. The van der Waals surface area contributed by atoms with E-state index in [4.69, 9.17) is 18.3 Å². The van der Waals surface area contributed by atoms with Crippen molar-refractivity contribution in [2.45, 2.75) is 32.6 Å². The second kappa shape index (κ2) is 13.4. The van der Waals surface area contributed by atoms with E-state index in [-0.39, 0.29) is 0 Å². The molecule has 0 radical (unpaired) electrons. The molecule has 0 unspecified atom stereocenters. The number of benzene rings is 7. The minimum Gasteiger partial charge on any atom is -0.461 e. The highest BCUT2D eigenvalue weighted by Gasteiger charge is 2.54. The van der Waals surface area contributed by atoms with Gasteiger partial charge in [-0.05, 0) is 108 Å². The number of fused-ring (bicyclic) bond motifs is 14. The van der Waals surface area contributed by atoms with Gasteiger partial charge in [-0.2, -0.15) is 0 Å². The molecule has 0 N–H and O–H groups in total. The number of aryl methyl sites for hydroxylation is 1. The summed E-state index contributed by atoms with van der Waals surface area (Å²) in [7, 11) is 0. The Bertz CT molecular complexity index is 3410. The maximum absolute atomic E-state index is 7.11. The molecule has 0 bridgehead atoms. The SMILES string of the molecule is C=Cc1o/c(=C(/C)N(c2ccc(Cc3c(C)oc4ccccc34)cc2)c2ccc3c(c2)Oc2ccc4c(c2O3)C2(c3ccccc3-c3ccccc32)c2ccccc2-4)c(=C)c1C. The number of ether oxygens (including phenoxy) is 2. The minimum absolute atomic E-state index is 0.568. The van der Waals surface area contributed by atoms with Crippen molar-refractivity contribution in [2.24, 2.45) is 0 Å². The van der Waals surface area contributed by atoms with Gasteiger partial charge in [0.15, 0.2) is 28.4 Å². The summed E-state index contributed by atoms with van der Waals surface area (Å²) in [5.41, 5.74) is 16.8. The van der Waals surface area contributed by atoms with Crippen LogP contribution in [0.5, 0.6) is 23.0 Å². The van der Waals surface area contributed by atoms with Crippen LogP contribution >= 0.6 is 0 Å². The summed E-state index contributed by atoms with van der Waals surface area (Å²) in [6.07, 6.45) is 2.50. The predicted molar refractivity (Wildman–Crippen MR) is 249 cm³/mol. The van der Waals surface area contributed by atoms with E-state index < -0.39 is 5.41 Å². The quantitative estimate of drug-likeness (QED) is 0.168. The Hall–Kier alpha value is -7.76. The Morgan fingerprint density at radius 2 is 1.24 bits per heavy atom. The zero-order valence-corrected chi connectivity index (χ0v) is 34.7. The van der Waals surface area contributed by atoms with E-state index in [2.05, 4.69) is 158 Å². The third-order valence-corrected chi connectivity index (χ3v) is 13.3. The molecule has 2 aliphatic carbocycles. The molecule has 5 nitrogen and oxygen atoms in total. The molecule has 0 fully saturated rings. The van der Waals surface area contributed by atoms with Gasteiger partial charge in [-0.1, -0.05) is 122 Å². The van der Waals surface area contributed by atoms with Crippen molar-refractivity contribution >= 4 is 40.7 Å². The topological polar surface area (TPSA) is 48.0 Å². The Labute approximate surface area is 359 Å². The third kappa shape index (κ3) is 4.96. The highest BCUT2D eigenvalue weighted by Crippen LogP contribution is 2.67. The lowest BCUT2D eigenvalue weighted by Crippen LogP contribution is -2.29. The van der Waals surface area contributed by atoms with Crippen molar-refractivity contribution in [3.8, 4) is 45.3 Å². The van der Waals surface area contributed by atoms with Crippen LogP contribution in [0.2, 0.25) is 0 Å². The lowest BCUT2D eigenvalue weighted by atomic mass is 9.70. The van der Waals surface area contributed by atoms with Crippen LogP contribution in [-0.4, -0.2) is 0 Å². The fraction of sp³-hybridized carbons (Fsp3) is 0.0877. The molecule has 0 saturated heterocycles. The Kier molecular flexibility index (Phi) is 7.79. The van der Waals surface area contributed by atoms with Crippen LogP contribution in [0.1, 0.15) is 57.4 Å². The first kappa shape index (κ1) is 36.1. The van der Waals surface area contributed by atoms with Gasteiger partial charge in [-0.25, -0.2) is 0 Å². The molecule has 9 aromatic rings. The highest BCUT2D eigenvalue weighted by molar-refractivity contribution is 5.97. The standard InChI is InChI=1S/C57H41NO4/c1-6-49-33(2)34(3)55(61-49)35(4)58(38-25-23-37(24-26-38)31-45-36(5)59-50-22-14-10-18-43(45)50)39-27-29-51-53(32-39)60-52-30-28-44-42-17-9-13-21-48(42)57(54(44)56(52)62-51)46-19-11-7-15-40(46)41-16-8-12-20-47(41)57/h6-30,32H,1,3,31H2,2,4-5H3/b55-35-. The molecule has 7 aromatic carbocycles. The van der Waals surface area contributed by atoms with Crippen LogP contribution in [0.25, 0.3) is 51.6 Å².